The topological polar surface area (TPSA) is 15.6 Å². The fraction of sp³-hybridized carbons (Fsp3) is 0.132. The Hall–Kier alpha value is -8.25. The van der Waals surface area contributed by atoms with Gasteiger partial charge >= 0.3 is 0 Å². The molecule has 4 atom stereocenters. The summed E-state index contributed by atoms with van der Waals surface area (Å²) in [7, 11) is 0. The standard InChI is InChI=1S/C68H54N2/c1-3-57-63(51-35-33-49(34-36-51)47-19-7-4-8-20-47)45-65(69-68(57)53-24-11-6-12-25-53)55-39-42-62-64(44-55)60-29-15-14-28-59(60)61-31-18-30-58(67(61)62)54-27-17-26-52-23-13-16-32-66(52)70(46(2)43-54)56-40-37-50(38-41-56)48-21-9-5-10-22-48/h4-5,7-11,13-25,27-43,45-46,55,57,63H,3,26,44H2,1-2H3/b27-17-,54-43+. The summed E-state index contributed by atoms with van der Waals surface area (Å²) in [5, 5.41) is 5.20. The molecule has 0 saturated heterocycles. The zero-order valence-electron chi connectivity index (χ0n) is 39.8. The van der Waals surface area contributed by atoms with Crippen molar-refractivity contribution in [2.75, 3.05) is 4.90 Å². The molecule has 3 aliphatic rings. The first-order valence-corrected chi connectivity index (χ1v) is 25.0. The van der Waals surface area contributed by atoms with Crippen LogP contribution >= 0.6 is 0 Å². The van der Waals surface area contributed by atoms with Gasteiger partial charge in [-0.1, -0.05) is 213 Å². The summed E-state index contributed by atoms with van der Waals surface area (Å²) < 4.78 is 0. The summed E-state index contributed by atoms with van der Waals surface area (Å²) in [6.07, 6.45) is 17.3. The number of hydrogen-bond acceptors (Lipinski definition) is 2. The van der Waals surface area contributed by atoms with Gasteiger partial charge in [0.2, 0.25) is 0 Å². The third-order valence-electron chi connectivity index (χ3n) is 15.0. The minimum atomic E-state index is 0.0489. The Labute approximate surface area is 413 Å². The van der Waals surface area contributed by atoms with Crippen LogP contribution in [0.3, 0.4) is 0 Å². The number of allylic oxidation sites excluding steroid dienone is 5. The molecule has 70 heavy (non-hydrogen) atoms. The van der Waals surface area contributed by atoms with E-state index in [9.17, 15) is 0 Å². The van der Waals surface area contributed by atoms with Crippen LogP contribution in [0.5, 0.6) is 0 Å². The van der Waals surface area contributed by atoms with Crippen molar-refractivity contribution in [1.29, 1.82) is 0 Å². The second-order valence-electron chi connectivity index (χ2n) is 19.1. The van der Waals surface area contributed by atoms with E-state index in [1.54, 1.807) is 0 Å². The van der Waals surface area contributed by atoms with Crippen molar-refractivity contribution < 1.29 is 0 Å². The third kappa shape index (κ3) is 7.98. The molecule has 0 N–H and O–H groups in total. The summed E-state index contributed by atoms with van der Waals surface area (Å²) in [5.41, 5.74) is 18.6. The number of nitrogens with zero attached hydrogens (tertiary/aromatic N) is 2. The van der Waals surface area contributed by atoms with Crippen LogP contribution in [0.4, 0.5) is 11.4 Å². The van der Waals surface area contributed by atoms with Gasteiger partial charge in [-0.25, -0.2) is 0 Å². The van der Waals surface area contributed by atoms with Crippen molar-refractivity contribution in [3.63, 3.8) is 0 Å². The quantitative estimate of drug-likeness (QED) is 0.139. The van der Waals surface area contributed by atoms with Gasteiger partial charge in [-0.15, -0.1) is 0 Å². The predicted octanol–water partition coefficient (Wildman–Crippen LogP) is 17.0. The molecule has 2 heteroatoms. The van der Waals surface area contributed by atoms with Crippen LogP contribution in [0.25, 0.3) is 55.4 Å². The SMILES string of the molecule is CCC1C(c2cc#ccc2)=NC(C2C=Cc3c(c4ccccc4c4cccc(C5=C/C(C)N(c6ccc(-c7ccccc7)cc6)c6ccccc6C/C=C\5)c34)C2)=CC1c1ccc(-c2ccccc2)cc1. The molecule has 0 fully saturated rings. The van der Waals surface area contributed by atoms with Crippen molar-refractivity contribution in [1.82, 2.24) is 0 Å². The van der Waals surface area contributed by atoms with Gasteiger partial charge in [0.1, 0.15) is 0 Å². The highest BCUT2D eigenvalue weighted by molar-refractivity contribution is 6.16. The minimum absolute atomic E-state index is 0.0489. The Morgan fingerprint density at radius 1 is 0.600 bits per heavy atom. The first kappa shape index (κ1) is 43.1. The lowest BCUT2D eigenvalue weighted by molar-refractivity contribution is 0.572. The molecular formula is C68H54N2. The normalized spacial score (nSPS) is 19.9. The van der Waals surface area contributed by atoms with E-state index in [4.69, 9.17) is 4.99 Å². The molecule has 0 aromatic heterocycles. The molecule has 336 valence electrons. The van der Waals surface area contributed by atoms with E-state index in [-0.39, 0.29) is 23.8 Å². The summed E-state index contributed by atoms with van der Waals surface area (Å²) >= 11 is 0. The number of hydrogen-bond donors (Lipinski definition) is 0. The van der Waals surface area contributed by atoms with Gasteiger partial charge in [-0.3, -0.25) is 4.99 Å². The summed E-state index contributed by atoms with van der Waals surface area (Å²) in [6, 6.07) is 77.2. The maximum atomic E-state index is 5.65. The van der Waals surface area contributed by atoms with E-state index in [0.29, 0.717) is 0 Å². The number of anilines is 2. The fourth-order valence-electron chi connectivity index (χ4n) is 11.6. The minimum Gasteiger partial charge on any atom is -0.335 e. The van der Waals surface area contributed by atoms with Gasteiger partial charge in [0.15, 0.2) is 0 Å². The molecule has 0 radical (unpaired) electrons. The Morgan fingerprint density at radius 2 is 1.27 bits per heavy atom. The highest BCUT2D eigenvalue weighted by Crippen LogP contribution is 2.46. The Kier molecular flexibility index (Phi) is 11.5. The number of benzene rings is 8. The molecule has 0 spiro atoms. The first-order valence-electron chi connectivity index (χ1n) is 25.0. The van der Waals surface area contributed by atoms with Gasteiger partial charge < -0.3 is 4.90 Å². The second-order valence-corrected chi connectivity index (χ2v) is 19.1. The zero-order valence-corrected chi connectivity index (χ0v) is 39.8. The highest BCUT2D eigenvalue weighted by atomic mass is 15.2. The van der Waals surface area contributed by atoms with E-state index in [1.807, 2.05) is 6.07 Å². The smallest absolute Gasteiger partial charge is 0.0525 e. The lowest BCUT2D eigenvalue weighted by Gasteiger charge is -2.33. The van der Waals surface area contributed by atoms with Crippen molar-refractivity contribution in [2.24, 2.45) is 16.8 Å². The van der Waals surface area contributed by atoms with Gasteiger partial charge in [-0.2, -0.15) is 0 Å². The second kappa shape index (κ2) is 18.7. The van der Waals surface area contributed by atoms with Crippen LogP contribution in [0.15, 0.2) is 235 Å². The molecule has 2 heterocycles. The number of fused-ring (bicyclic) bond motifs is 7. The Balaban J connectivity index is 0.964. The molecule has 9 aromatic rings. The Bertz CT molecular complexity index is 3520. The lowest BCUT2D eigenvalue weighted by atomic mass is 9.74. The number of rotatable bonds is 8. The van der Waals surface area contributed by atoms with E-state index in [2.05, 4.69) is 255 Å². The molecule has 9 aromatic carbocycles. The van der Waals surface area contributed by atoms with Crippen LogP contribution in [-0.2, 0) is 12.8 Å². The molecule has 2 nitrogen and oxygen atoms in total. The maximum absolute atomic E-state index is 5.65. The van der Waals surface area contributed by atoms with Gasteiger partial charge in [0, 0.05) is 40.4 Å². The molecule has 0 saturated carbocycles. The van der Waals surface area contributed by atoms with Crippen molar-refractivity contribution in [3.05, 3.63) is 276 Å². The molecule has 2 aliphatic heterocycles. The molecule has 1 aliphatic carbocycles. The molecule has 0 amide bonds. The monoisotopic (exact) mass is 898 g/mol. The van der Waals surface area contributed by atoms with Crippen LogP contribution < -0.4 is 4.90 Å². The van der Waals surface area contributed by atoms with Crippen LogP contribution in [0.1, 0.15) is 59.6 Å². The number of aliphatic imine (C=N–C) groups is 1. The van der Waals surface area contributed by atoms with Crippen LogP contribution in [-0.4, -0.2) is 11.8 Å². The lowest BCUT2D eigenvalue weighted by Crippen LogP contribution is -2.27. The van der Waals surface area contributed by atoms with Gasteiger partial charge in [0.25, 0.3) is 0 Å². The number of para-hydroxylation sites is 1. The first-order chi connectivity index (χ1) is 34.6. The molecule has 0 bridgehead atoms. The predicted molar refractivity (Wildman–Crippen MR) is 296 cm³/mol. The summed E-state index contributed by atoms with van der Waals surface area (Å²) in [4.78, 5) is 8.17. The highest BCUT2D eigenvalue weighted by Gasteiger charge is 2.33. The summed E-state index contributed by atoms with van der Waals surface area (Å²) in [6.45, 7) is 4.64. The van der Waals surface area contributed by atoms with Crippen molar-refractivity contribution in [3.8, 4) is 22.3 Å². The molecular weight excluding hydrogens is 845 g/mol. The fourth-order valence-corrected chi connectivity index (χ4v) is 11.6. The molecule has 4 unspecified atom stereocenters. The van der Waals surface area contributed by atoms with E-state index >= 15 is 0 Å². The van der Waals surface area contributed by atoms with Crippen molar-refractivity contribution >= 4 is 50.3 Å². The average Bonchev–Trinajstić information content (AvgIpc) is 3.50. The van der Waals surface area contributed by atoms with Crippen molar-refractivity contribution in [2.45, 2.75) is 45.1 Å². The Morgan fingerprint density at radius 3 is 2.00 bits per heavy atom. The average molecular weight is 899 g/mol. The van der Waals surface area contributed by atoms with Crippen LogP contribution in [0.2, 0.25) is 0 Å². The molecule has 12 rings (SSSR count). The van der Waals surface area contributed by atoms with Gasteiger partial charge in [0.05, 0.1) is 11.8 Å². The largest absolute Gasteiger partial charge is 0.335 e. The van der Waals surface area contributed by atoms with Crippen LogP contribution in [0, 0.1) is 24.0 Å². The third-order valence-corrected chi connectivity index (χ3v) is 15.0. The van der Waals surface area contributed by atoms with E-state index < -0.39 is 0 Å². The van der Waals surface area contributed by atoms with Gasteiger partial charge in [-0.05, 0) is 140 Å². The summed E-state index contributed by atoms with van der Waals surface area (Å²) in [5.74, 6) is 0.499. The van der Waals surface area contributed by atoms with E-state index in [1.165, 1.54) is 88.6 Å². The maximum Gasteiger partial charge on any atom is 0.0525 e. The van der Waals surface area contributed by atoms with E-state index in [0.717, 1.165) is 36.2 Å². The zero-order chi connectivity index (χ0) is 47.0.